The van der Waals surface area contributed by atoms with Gasteiger partial charge in [-0.1, -0.05) is 18.7 Å². The van der Waals surface area contributed by atoms with Crippen LogP contribution in [0.4, 0.5) is 0 Å². The molecule has 0 saturated carbocycles. The van der Waals surface area contributed by atoms with Gasteiger partial charge in [0.2, 0.25) is 0 Å². The predicted octanol–water partition coefficient (Wildman–Crippen LogP) is 2.51. The first-order valence-electron chi connectivity index (χ1n) is 6.87. The molecule has 5 nitrogen and oxygen atoms in total. The lowest BCUT2D eigenvalue weighted by Gasteiger charge is -2.26. The van der Waals surface area contributed by atoms with Crippen molar-refractivity contribution in [3.05, 3.63) is 5.82 Å². The van der Waals surface area contributed by atoms with Crippen molar-refractivity contribution in [2.45, 2.75) is 49.9 Å². The van der Waals surface area contributed by atoms with Crippen LogP contribution in [-0.4, -0.2) is 40.3 Å². The quantitative estimate of drug-likeness (QED) is 0.429. The van der Waals surface area contributed by atoms with E-state index < -0.39 is 5.54 Å². The van der Waals surface area contributed by atoms with Crippen molar-refractivity contribution < 1.29 is 9.53 Å². The molecule has 0 bridgehead atoms. The lowest BCUT2D eigenvalue weighted by atomic mass is 9.97. The molecule has 0 aliphatic rings. The molecule has 7 heteroatoms. The lowest BCUT2D eigenvalue weighted by Crippen LogP contribution is -2.48. The average molecular weight is 317 g/mol. The zero-order valence-corrected chi connectivity index (χ0v) is 14.2. The zero-order chi connectivity index (χ0) is 15.0. The summed E-state index contributed by atoms with van der Waals surface area (Å²) in [6.07, 6.45) is 2.54. The average Bonchev–Trinajstić information content (AvgIpc) is 2.91. The minimum atomic E-state index is -0.605. The number of esters is 1. The van der Waals surface area contributed by atoms with Crippen molar-refractivity contribution in [3.8, 4) is 0 Å². The zero-order valence-electron chi connectivity index (χ0n) is 12.6. The van der Waals surface area contributed by atoms with Crippen molar-refractivity contribution in [1.29, 1.82) is 0 Å². The van der Waals surface area contributed by atoms with Crippen molar-refractivity contribution in [1.82, 2.24) is 14.7 Å². The van der Waals surface area contributed by atoms with Crippen LogP contribution in [0, 0.1) is 0 Å². The normalized spacial score (nSPS) is 14.0. The summed E-state index contributed by atoms with van der Waals surface area (Å²) in [5.41, 5.74) is -0.605. The molecule has 1 atom stereocenters. The lowest BCUT2D eigenvalue weighted by molar-refractivity contribution is -0.150. The Morgan fingerprint density at radius 2 is 2.25 bits per heavy atom. The Bertz CT molecular complexity index is 426. The van der Waals surface area contributed by atoms with Gasteiger partial charge in [0.25, 0.3) is 0 Å². The molecule has 1 N–H and O–H groups in total. The van der Waals surface area contributed by atoms with Crippen molar-refractivity contribution in [3.63, 3.8) is 0 Å². The number of hydrogen-bond acceptors (Lipinski definition) is 7. The fourth-order valence-corrected chi connectivity index (χ4v) is 3.35. The summed E-state index contributed by atoms with van der Waals surface area (Å²) < 4.78 is 10.4. The van der Waals surface area contributed by atoms with Crippen LogP contribution in [0.5, 0.6) is 0 Å². The topological polar surface area (TPSA) is 64.1 Å². The fourth-order valence-electron chi connectivity index (χ4n) is 1.64. The molecular weight excluding hydrogens is 294 g/mol. The van der Waals surface area contributed by atoms with Crippen molar-refractivity contribution in [2.75, 3.05) is 19.4 Å². The molecule has 1 heterocycles. The summed E-state index contributed by atoms with van der Waals surface area (Å²) in [4.78, 5) is 16.3. The molecule has 0 amide bonds. The van der Waals surface area contributed by atoms with Crippen LogP contribution in [0.2, 0.25) is 0 Å². The number of carbonyl (C=O) groups excluding carboxylic acids is 1. The third-order valence-corrected chi connectivity index (χ3v) is 5.05. The molecule has 0 fully saturated rings. The van der Waals surface area contributed by atoms with E-state index in [9.17, 15) is 4.79 Å². The van der Waals surface area contributed by atoms with E-state index in [1.54, 1.807) is 18.8 Å². The Labute approximate surface area is 129 Å². The first kappa shape index (κ1) is 17.4. The van der Waals surface area contributed by atoms with Gasteiger partial charge in [-0.2, -0.15) is 4.37 Å². The van der Waals surface area contributed by atoms with Crippen LogP contribution in [0.3, 0.4) is 0 Å². The van der Waals surface area contributed by atoms with E-state index in [0.717, 1.165) is 35.2 Å². The number of aromatic nitrogens is 2. The summed E-state index contributed by atoms with van der Waals surface area (Å²) in [5.74, 6) is 1.65. The maximum absolute atomic E-state index is 11.9. The van der Waals surface area contributed by atoms with E-state index in [1.807, 2.05) is 20.8 Å². The molecule has 0 aromatic carbocycles. The molecule has 1 rings (SSSR count). The molecule has 0 aliphatic heterocycles. The summed E-state index contributed by atoms with van der Waals surface area (Å²) in [7, 11) is 1.79. The molecule has 1 aromatic rings. The van der Waals surface area contributed by atoms with Crippen LogP contribution in [-0.2, 0) is 16.0 Å². The predicted molar refractivity (Wildman–Crippen MR) is 83.3 cm³/mol. The van der Waals surface area contributed by atoms with Gasteiger partial charge in [0, 0.05) is 12.2 Å². The SMILES string of the molecule is CCOC(=O)C(C)(CCCSc1nc(CC)ns1)NC. The van der Waals surface area contributed by atoms with Crippen LogP contribution in [0.25, 0.3) is 0 Å². The number of carbonyl (C=O) groups is 1. The smallest absolute Gasteiger partial charge is 0.326 e. The minimum absolute atomic E-state index is 0.184. The molecule has 0 saturated heterocycles. The first-order valence-corrected chi connectivity index (χ1v) is 8.63. The summed E-state index contributed by atoms with van der Waals surface area (Å²) in [6, 6.07) is 0. The second kappa shape index (κ2) is 8.59. The maximum Gasteiger partial charge on any atom is 0.326 e. The summed E-state index contributed by atoms with van der Waals surface area (Å²) in [5, 5.41) is 3.07. The number of aryl methyl sites for hydroxylation is 1. The van der Waals surface area contributed by atoms with E-state index >= 15 is 0 Å². The Balaban J connectivity index is 2.36. The van der Waals surface area contributed by atoms with Gasteiger partial charge in [0.1, 0.15) is 11.4 Å². The summed E-state index contributed by atoms with van der Waals surface area (Å²) in [6.45, 7) is 6.17. The number of hydrogen-bond donors (Lipinski definition) is 1. The van der Waals surface area contributed by atoms with E-state index in [1.165, 1.54) is 11.5 Å². The standard InChI is InChI=1S/C13H23N3O2S2/c1-5-10-15-12(20-16-10)19-9-7-8-13(3,14-4)11(17)18-6-2/h14H,5-9H2,1-4H3. The van der Waals surface area contributed by atoms with E-state index in [4.69, 9.17) is 4.74 Å². The van der Waals surface area contributed by atoms with E-state index in [2.05, 4.69) is 14.7 Å². The Morgan fingerprint density at radius 3 is 2.80 bits per heavy atom. The molecule has 0 radical (unpaired) electrons. The fraction of sp³-hybridized carbons (Fsp3) is 0.769. The Hall–Kier alpha value is -0.660. The van der Waals surface area contributed by atoms with Crippen molar-refractivity contribution >= 4 is 29.3 Å². The van der Waals surface area contributed by atoms with Gasteiger partial charge >= 0.3 is 5.97 Å². The van der Waals surface area contributed by atoms with Crippen LogP contribution >= 0.6 is 23.3 Å². The molecule has 0 aliphatic carbocycles. The number of thioether (sulfide) groups is 1. The minimum Gasteiger partial charge on any atom is -0.465 e. The van der Waals surface area contributed by atoms with Crippen LogP contribution in [0.15, 0.2) is 4.34 Å². The monoisotopic (exact) mass is 317 g/mol. The highest BCUT2D eigenvalue weighted by Crippen LogP contribution is 2.23. The van der Waals surface area contributed by atoms with Crippen LogP contribution < -0.4 is 5.32 Å². The van der Waals surface area contributed by atoms with Gasteiger partial charge in [0.15, 0.2) is 4.34 Å². The van der Waals surface area contributed by atoms with Gasteiger partial charge in [-0.25, -0.2) is 4.98 Å². The third kappa shape index (κ3) is 5.03. The van der Waals surface area contributed by atoms with Gasteiger partial charge in [-0.3, -0.25) is 4.79 Å². The Morgan fingerprint density at radius 1 is 1.50 bits per heavy atom. The molecule has 1 aromatic heterocycles. The molecule has 114 valence electrons. The summed E-state index contributed by atoms with van der Waals surface area (Å²) >= 11 is 3.14. The number of rotatable bonds is 9. The molecule has 0 spiro atoms. The highest BCUT2D eigenvalue weighted by molar-refractivity contribution is 8.00. The number of ether oxygens (including phenoxy) is 1. The third-order valence-electron chi connectivity index (χ3n) is 3.09. The largest absolute Gasteiger partial charge is 0.465 e. The highest BCUT2D eigenvalue weighted by atomic mass is 32.2. The van der Waals surface area contributed by atoms with Crippen molar-refractivity contribution in [2.24, 2.45) is 0 Å². The highest BCUT2D eigenvalue weighted by Gasteiger charge is 2.32. The molecular formula is C13H23N3O2S2. The van der Waals surface area contributed by atoms with Gasteiger partial charge < -0.3 is 10.1 Å². The van der Waals surface area contributed by atoms with E-state index in [-0.39, 0.29) is 5.97 Å². The number of nitrogens with one attached hydrogen (secondary N) is 1. The second-order valence-electron chi connectivity index (χ2n) is 4.58. The second-order valence-corrected chi connectivity index (χ2v) is 6.68. The van der Waals surface area contributed by atoms with Crippen LogP contribution in [0.1, 0.15) is 39.4 Å². The van der Waals surface area contributed by atoms with Gasteiger partial charge in [-0.05, 0) is 45.3 Å². The molecule has 1 unspecified atom stereocenters. The van der Waals surface area contributed by atoms with Gasteiger partial charge in [-0.15, -0.1) is 0 Å². The first-order chi connectivity index (χ1) is 9.55. The molecule has 20 heavy (non-hydrogen) atoms. The Kier molecular flexibility index (Phi) is 7.47. The maximum atomic E-state index is 11.9. The van der Waals surface area contributed by atoms with Gasteiger partial charge in [0.05, 0.1) is 6.61 Å². The number of likely N-dealkylation sites (N-methyl/N-ethyl adjacent to an activating group) is 1. The van der Waals surface area contributed by atoms with E-state index in [0.29, 0.717) is 6.61 Å². The number of nitrogens with zero attached hydrogens (tertiary/aromatic N) is 2.